The number of aromatic nitrogens is 2. The fourth-order valence-electron chi connectivity index (χ4n) is 5.10. The molecule has 2 aromatic rings. The predicted molar refractivity (Wildman–Crippen MR) is 129 cm³/mol. The maximum Gasteiger partial charge on any atom is 0.226 e. The smallest absolute Gasteiger partial charge is 0.226 e. The number of hydrogen-bond acceptors (Lipinski definition) is 6. The maximum atomic E-state index is 12.3. The van der Waals surface area contributed by atoms with Crippen LogP contribution in [0.25, 0.3) is 0 Å². The van der Waals surface area contributed by atoms with E-state index in [2.05, 4.69) is 33.7 Å². The summed E-state index contributed by atoms with van der Waals surface area (Å²) in [4.78, 5) is 19.5. The normalized spacial score (nSPS) is 23.3. The van der Waals surface area contributed by atoms with Gasteiger partial charge in [-0.3, -0.25) is 4.79 Å². The molecule has 0 bridgehead atoms. The van der Waals surface area contributed by atoms with Gasteiger partial charge in [-0.1, -0.05) is 17.3 Å². The molecule has 0 radical (unpaired) electrons. The summed E-state index contributed by atoms with van der Waals surface area (Å²) in [5.74, 6) is 2.15. The first kappa shape index (κ1) is 22.9. The van der Waals surface area contributed by atoms with E-state index in [-0.39, 0.29) is 18.4 Å². The Kier molecular flexibility index (Phi) is 7.16. The lowest BCUT2D eigenvalue weighted by molar-refractivity contribution is -0.121. The summed E-state index contributed by atoms with van der Waals surface area (Å²) >= 11 is 0. The first-order valence-electron chi connectivity index (χ1n) is 12.9. The lowest BCUT2D eigenvalue weighted by atomic mass is 9.86. The minimum absolute atomic E-state index is 0.0336. The molecule has 34 heavy (non-hydrogen) atoms. The van der Waals surface area contributed by atoms with Crippen LogP contribution >= 0.6 is 0 Å². The van der Waals surface area contributed by atoms with E-state index in [0.29, 0.717) is 17.7 Å². The zero-order chi connectivity index (χ0) is 23.3. The van der Waals surface area contributed by atoms with Gasteiger partial charge in [-0.15, -0.1) is 0 Å². The van der Waals surface area contributed by atoms with Crippen LogP contribution in [0.5, 0.6) is 5.88 Å². The Morgan fingerprint density at radius 1 is 1.18 bits per heavy atom. The van der Waals surface area contributed by atoms with E-state index >= 15 is 0 Å². The van der Waals surface area contributed by atoms with Gasteiger partial charge in [0.05, 0.1) is 12.1 Å². The van der Waals surface area contributed by atoms with E-state index in [1.54, 1.807) is 0 Å². The standard InChI is InChI=1S/C27H36N4O3/c1-19-17-23(30-34-19)18-26(32)28-22-8-5-20(6-9-22)11-14-31-15-12-21-7-10-27(29-25(21)13-16-31)33-24-3-2-4-24/h7,10-11,14,17,20,22,24H,2-6,8-9,12-13,15-16,18H2,1H3,(H,28,32)/b14-11+. The van der Waals surface area contributed by atoms with E-state index < -0.39 is 0 Å². The molecule has 7 heteroatoms. The summed E-state index contributed by atoms with van der Waals surface area (Å²) in [7, 11) is 0. The van der Waals surface area contributed by atoms with Crippen molar-refractivity contribution in [3.05, 3.63) is 53.2 Å². The molecule has 5 rings (SSSR count). The summed E-state index contributed by atoms with van der Waals surface area (Å²) in [6.07, 6.45) is 15.2. The molecule has 0 atom stereocenters. The van der Waals surface area contributed by atoms with Gasteiger partial charge in [-0.25, -0.2) is 4.98 Å². The second-order valence-electron chi connectivity index (χ2n) is 10.1. The molecule has 0 saturated heterocycles. The van der Waals surface area contributed by atoms with Crippen LogP contribution in [-0.4, -0.2) is 46.2 Å². The van der Waals surface area contributed by atoms with Crippen LogP contribution in [0.3, 0.4) is 0 Å². The Hall–Kier alpha value is -2.83. The topological polar surface area (TPSA) is 80.5 Å². The van der Waals surface area contributed by atoms with Crippen LogP contribution in [-0.2, 0) is 24.1 Å². The van der Waals surface area contributed by atoms with Crippen molar-refractivity contribution in [3.8, 4) is 5.88 Å². The molecule has 0 aromatic carbocycles. The molecule has 1 amide bonds. The number of nitrogens with zero attached hydrogens (tertiary/aromatic N) is 3. The van der Waals surface area contributed by atoms with Crippen LogP contribution in [0.15, 0.2) is 35.0 Å². The number of carbonyl (C=O) groups is 1. The van der Waals surface area contributed by atoms with E-state index in [1.165, 1.54) is 17.7 Å². The summed E-state index contributed by atoms with van der Waals surface area (Å²) in [6.45, 7) is 3.86. The molecule has 3 heterocycles. The van der Waals surface area contributed by atoms with Gasteiger partial charge in [0.25, 0.3) is 0 Å². The molecule has 0 spiro atoms. The Morgan fingerprint density at radius 3 is 2.74 bits per heavy atom. The molecule has 1 aliphatic heterocycles. The van der Waals surface area contributed by atoms with Crippen LogP contribution in [0.1, 0.15) is 67.7 Å². The van der Waals surface area contributed by atoms with Crippen molar-refractivity contribution in [1.29, 1.82) is 0 Å². The van der Waals surface area contributed by atoms with E-state index in [4.69, 9.17) is 14.2 Å². The van der Waals surface area contributed by atoms with Gasteiger partial charge in [0.1, 0.15) is 11.9 Å². The Labute approximate surface area is 201 Å². The summed E-state index contributed by atoms with van der Waals surface area (Å²) in [5.41, 5.74) is 3.25. The molecule has 7 nitrogen and oxygen atoms in total. The van der Waals surface area contributed by atoms with Crippen LogP contribution < -0.4 is 10.1 Å². The highest BCUT2D eigenvalue weighted by Crippen LogP contribution is 2.27. The van der Waals surface area contributed by atoms with Crippen LogP contribution in [0.2, 0.25) is 0 Å². The molecule has 3 aliphatic rings. The molecular formula is C27H36N4O3. The lowest BCUT2D eigenvalue weighted by Gasteiger charge is -2.28. The fourth-order valence-corrected chi connectivity index (χ4v) is 5.10. The molecule has 2 saturated carbocycles. The highest BCUT2D eigenvalue weighted by Gasteiger charge is 2.23. The zero-order valence-electron chi connectivity index (χ0n) is 20.2. The Balaban J connectivity index is 1.05. The van der Waals surface area contributed by atoms with Crippen molar-refractivity contribution in [2.45, 2.75) is 83.3 Å². The largest absolute Gasteiger partial charge is 0.474 e. The average molecular weight is 465 g/mol. The number of allylic oxidation sites excluding steroid dienone is 1. The first-order valence-corrected chi connectivity index (χ1v) is 12.9. The molecule has 2 fully saturated rings. The Bertz CT molecular complexity index is 1010. The van der Waals surface area contributed by atoms with E-state index in [0.717, 1.165) is 76.1 Å². The van der Waals surface area contributed by atoms with Crippen LogP contribution in [0, 0.1) is 12.8 Å². The average Bonchev–Trinajstić information content (AvgIpc) is 3.10. The number of pyridine rings is 1. The Morgan fingerprint density at radius 2 is 2.00 bits per heavy atom. The molecule has 1 N–H and O–H groups in total. The van der Waals surface area contributed by atoms with Crippen LogP contribution in [0.4, 0.5) is 0 Å². The van der Waals surface area contributed by atoms with Crippen molar-refractivity contribution >= 4 is 5.91 Å². The third-order valence-electron chi connectivity index (χ3n) is 7.41. The molecule has 0 unspecified atom stereocenters. The number of hydrogen-bond donors (Lipinski definition) is 1. The molecule has 2 aliphatic carbocycles. The van der Waals surface area contributed by atoms with Gasteiger partial charge in [0, 0.05) is 43.4 Å². The second kappa shape index (κ2) is 10.6. The summed E-state index contributed by atoms with van der Waals surface area (Å²) in [6, 6.07) is 6.34. The van der Waals surface area contributed by atoms with E-state index in [1.807, 2.05) is 19.1 Å². The van der Waals surface area contributed by atoms with Gasteiger partial charge < -0.3 is 19.5 Å². The maximum absolute atomic E-state index is 12.3. The van der Waals surface area contributed by atoms with Crippen molar-refractivity contribution < 1.29 is 14.1 Å². The number of carbonyl (C=O) groups excluding carboxylic acids is 1. The SMILES string of the molecule is Cc1cc(CC(=O)NC2CCC(/C=C/N3CCc4ccc(OC5CCC5)nc4CC3)CC2)no1. The minimum atomic E-state index is 0.0336. The number of ether oxygens (including phenoxy) is 1. The summed E-state index contributed by atoms with van der Waals surface area (Å²) < 4.78 is 11.0. The number of nitrogens with one attached hydrogen (secondary N) is 1. The van der Waals surface area contributed by atoms with Gasteiger partial charge in [0.2, 0.25) is 11.8 Å². The third kappa shape index (κ3) is 5.99. The highest BCUT2D eigenvalue weighted by atomic mass is 16.5. The fraction of sp³-hybridized carbons (Fsp3) is 0.593. The third-order valence-corrected chi connectivity index (χ3v) is 7.41. The minimum Gasteiger partial charge on any atom is -0.474 e. The first-order chi connectivity index (χ1) is 16.6. The lowest BCUT2D eigenvalue weighted by Crippen LogP contribution is -2.38. The van der Waals surface area contributed by atoms with Crippen molar-refractivity contribution in [2.24, 2.45) is 5.92 Å². The van der Waals surface area contributed by atoms with E-state index in [9.17, 15) is 4.79 Å². The quantitative estimate of drug-likeness (QED) is 0.663. The molecule has 182 valence electrons. The number of rotatable bonds is 7. The monoisotopic (exact) mass is 464 g/mol. The van der Waals surface area contributed by atoms with Crippen molar-refractivity contribution in [3.63, 3.8) is 0 Å². The number of amides is 1. The predicted octanol–water partition coefficient (Wildman–Crippen LogP) is 4.14. The number of fused-ring (bicyclic) bond motifs is 1. The molecule has 2 aromatic heterocycles. The molecular weight excluding hydrogens is 428 g/mol. The number of aryl methyl sites for hydroxylation is 1. The van der Waals surface area contributed by atoms with Gasteiger partial charge in [-0.2, -0.15) is 0 Å². The summed E-state index contributed by atoms with van der Waals surface area (Å²) in [5, 5.41) is 7.08. The zero-order valence-corrected chi connectivity index (χ0v) is 20.2. The van der Waals surface area contributed by atoms with Crippen molar-refractivity contribution in [2.75, 3.05) is 13.1 Å². The highest BCUT2D eigenvalue weighted by molar-refractivity contribution is 5.78. The van der Waals surface area contributed by atoms with Gasteiger partial charge in [-0.05, 0) is 76.0 Å². The van der Waals surface area contributed by atoms with Gasteiger partial charge in [0.15, 0.2) is 0 Å². The second-order valence-corrected chi connectivity index (χ2v) is 10.1. The van der Waals surface area contributed by atoms with Crippen molar-refractivity contribution in [1.82, 2.24) is 20.4 Å². The van der Waals surface area contributed by atoms with Gasteiger partial charge >= 0.3 is 0 Å².